The number of fused-ring (bicyclic) bond motifs is 1. The molecule has 134 valence electrons. The molecule has 2 N–H and O–H groups in total. The van der Waals surface area contributed by atoms with Crippen LogP contribution in [0.1, 0.15) is 5.56 Å². The number of hydrogen-bond acceptors (Lipinski definition) is 5. The van der Waals surface area contributed by atoms with E-state index in [1.165, 1.54) is 0 Å². The summed E-state index contributed by atoms with van der Waals surface area (Å²) in [6.07, 6.45) is 6.16. The van der Waals surface area contributed by atoms with Gasteiger partial charge in [-0.3, -0.25) is 9.78 Å². The van der Waals surface area contributed by atoms with Gasteiger partial charge < -0.3 is 15.2 Å². The summed E-state index contributed by atoms with van der Waals surface area (Å²) in [5.41, 5.74) is 4.44. The van der Waals surface area contributed by atoms with Gasteiger partial charge in [-0.05, 0) is 35.9 Å². The summed E-state index contributed by atoms with van der Waals surface area (Å²) in [7, 11) is 1.97. The number of carbonyl (C=O) groups excluding carboxylic acids is 1. The Morgan fingerprint density at radius 1 is 1.11 bits per heavy atom. The van der Waals surface area contributed by atoms with E-state index in [0.29, 0.717) is 24.5 Å². The van der Waals surface area contributed by atoms with E-state index < -0.39 is 0 Å². The summed E-state index contributed by atoms with van der Waals surface area (Å²) >= 11 is 0. The predicted octanol–water partition coefficient (Wildman–Crippen LogP) is 3.21. The van der Waals surface area contributed by atoms with E-state index in [1.54, 1.807) is 12.4 Å². The van der Waals surface area contributed by atoms with Crippen molar-refractivity contribution in [2.75, 3.05) is 10.6 Å². The highest BCUT2D eigenvalue weighted by Gasteiger charge is 2.12. The van der Waals surface area contributed by atoms with E-state index >= 15 is 0 Å². The number of amides is 1. The molecule has 7 nitrogen and oxygen atoms in total. The highest BCUT2D eigenvalue weighted by Crippen LogP contribution is 2.27. The minimum absolute atomic E-state index is 0.598. The van der Waals surface area contributed by atoms with Gasteiger partial charge in [0.1, 0.15) is 5.52 Å². The van der Waals surface area contributed by atoms with Crippen LogP contribution in [-0.4, -0.2) is 25.9 Å². The lowest BCUT2D eigenvalue weighted by atomic mass is 10.2. The van der Waals surface area contributed by atoms with Crippen molar-refractivity contribution in [2.24, 2.45) is 7.05 Å². The van der Waals surface area contributed by atoms with Crippen LogP contribution in [0, 0.1) is 0 Å². The highest BCUT2D eigenvalue weighted by molar-refractivity contribution is 5.88. The van der Waals surface area contributed by atoms with Crippen molar-refractivity contribution in [1.29, 1.82) is 0 Å². The molecule has 0 spiro atoms. The summed E-state index contributed by atoms with van der Waals surface area (Å²) in [6, 6.07) is 13.4. The van der Waals surface area contributed by atoms with Crippen LogP contribution in [0.2, 0.25) is 0 Å². The van der Waals surface area contributed by atoms with Crippen molar-refractivity contribution in [3.8, 4) is 11.4 Å². The Balaban J connectivity index is 1.74. The first-order valence-electron chi connectivity index (χ1n) is 8.51. The summed E-state index contributed by atoms with van der Waals surface area (Å²) in [4.78, 5) is 24.2. The van der Waals surface area contributed by atoms with Crippen LogP contribution in [0.4, 0.5) is 11.5 Å². The fraction of sp³-hybridized carbons (Fsp3) is 0.100. The Morgan fingerprint density at radius 3 is 2.78 bits per heavy atom. The summed E-state index contributed by atoms with van der Waals surface area (Å²) in [6.45, 7) is 0.631. The van der Waals surface area contributed by atoms with Gasteiger partial charge in [0.05, 0.1) is 5.52 Å². The number of nitrogens with zero attached hydrogens (tertiary/aromatic N) is 4. The molecule has 27 heavy (non-hydrogen) atoms. The minimum atomic E-state index is 0.598. The third-order valence-corrected chi connectivity index (χ3v) is 4.28. The topological polar surface area (TPSA) is 84.7 Å². The molecule has 0 aliphatic heterocycles. The minimum Gasteiger partial charge on any atom is -0.364 e. The molecule has 4 aromatic rings. The number of carbonyl (C=O) groups is 1. The second-order valence-electron chi connectivity index (χ2n) is 6.11. The van der Waals surface area contributed by atoms with Gasteiger partial charge in [-0.2, -0.15) is 0 Å². The Kier molecular flexibility index (Phi) is 4.49. The number of pyridine rings is 1. The quantitative estimate of drug-likeness (QED) is 0.517. The Bertz CT molecular complexity index is 1090. The second kappa shape index (κ2) is 7.25. The van der Waals surface area contributed by atoms with Crippen LogP contribution in [-0.2, 0) is 18.4 Å². The van der Waals surface area contributed by atoms with Crippen molar-refractivity contribution < 1.29 is 4.79 Å². The Morgan fingerprint density at radius 2 is 1.96 bits per heavy atom. The number of rotatable bonds is 6. The fourth-order valence-corrected chi connectivity index (χ4v) is 2.95. The summed E-state index contributed by atoms with van der Waals surface area (Å²) < 4.78 is 2.00. The number of hydrogen-bond donors (Lipinski definition) is 2. The fourth-order valence-electron chi connectivity index (χ4n) is 2.95. The molecule has 0 bridgehead atoms. The molecule has 4 rings (SSSR count). The summed E-state index contributed by atoms with van der Waals surface area (Å²) in [5.74, 6) is 1.36. The highest BCUT2D eigenvalue weighted by atomic mass is 16.1. The van der Waals surface area contributed by atoms with Crippen molar-refractivity contribution in [3.63, 3.8) is 0 Å². The van der Waals surface area contributed by atoms with Crippen molar-refractivity contribution in [3.05, 3.63) is 66.6 Å². The van der Waals surface area contributed by atoms with Gasteiger partial charge in [-0.25, -0.2) is 9.97 Å². The molecule has 7 heteroatoms. The molecule has 1 aromatic carbocycles. The monoisotopic (exact) mass is 358 g/mol. The third kappa shape index (κ3) is 3.48. The van der Waals surface area contributed by atoms with Gasteiger partial charge >= 0.3 is 0 Å². The number of aromatic nitrogens is 4. The molecule has 0 atom stereocenters. The number of anilines is 2. The molecular weight excluding hydrogens is 340 g/mol. The van der Waals surface area contributed by atoms with E-state index in [4.69, 9.17) is 4.98 Å². The normalized spacial score (nSPS) is 10.7. The second-order valence-corrected chi connectivity index (χ2v) is 6.11. The molecule has 0 unspecified atom stereocenters. The number of benzene rings is 1. The van der Waals surface area contributed by atoms with Crippen LogP contribution < -0.4 is 10.6 Å². The zero-order chi connectivity index (χ0) is 18.6. The van der Waals surface area contributed by atoms with E-state index in [9.17, 15) is 4.79 Å². The van der Waals surface area contributed by atoms with Gasteiger partial charge in [0.25, 0.3) is 0 Å². The van der Waals surface area contributed by atoms with Crippen molar-refractivity contribution in [2.45, 2.75) is 6.54 Å². The lowest BCUT2D eigenvalue weighted by Crippen LogP contribution is -2.05. The van der Waals surface area contributed by atoms with E-state index in [0.717, 1.165) is 28.0 Å². The standard InChI is InChI=1S/C20H18N6O/c1-26-10-7-17-18(26)20(22-12-14-5-8-21-9-6-14)25-19(24-17)15-3-2-4-16(11-15)23-13-27/h2-11,13H,12H2,1H3,(H,23,27)(H,22,24,25). The predicted molar refractivity (Wildman–Crippen MR) is 105 cm³/mol. The molecule has 0 fully saturated rings. The van der Waals surface area contributed by atoms with Crippen LogP contribution in [0.3, 0.4) is 0 Å². The Hall–Kier alpha value is -3.74. The number of aryl methyl sites for hydroxylation is 1. The molecule has 0 saturated carbocycles. The average molecular weight is 358 g/mol. The first-order chi connectivity index (χ1) is 13.2. The van der Waals surface area contributed by atoms with E-state index in [2.05, 4.69) is 20.6 Å². The lowest BCUT2D eigenvalue weighted by Gasteiger charge is -2.11. The molecule has 3 aromatic heterocycles. The molecule has 0 aliphatic rings. The first kappa shape index (κ1) is 16.7. The maximum atomic E-state index is 10.7. The molecule has 3 heterocycles. The van der Waals surface area contributed by atoms with Crippen LogP contribution in [0.25, 0.3) is 22.4 Å². The molecule has 1 amide bonds. The van der Waals surface area contributed by atoms with Crippen LogP contribution in [0.5, 0.6) is 0 Å². The smallest absolute Gasteiger partial charge is 0.211 e. The molecule has 0 radical (unpaired) electrons. The maximum absolute atomic E-state index is 10.7. The molecule has 0 aliphatic carbocycles. The van der Waals surface area contributed by atoms with E-state index in [1.807, 2.05) is 60.3 Å². The Labute approximate surface area is 156 Å². The summed E-state index contributed by atoms with van der Waals surface area (Å²) in [5, 5.41) is 6.07. The molecule has 0 saturated heterocycles. The average Bonchev–Trinajstić information content (AvgIpc) is 3.08. The van der Waals surface area contributed by atoms with Crippen LogP contribution in [0.15, 0.2) is 61.1 Å². The van der Waals surface area contributed by atoms with Gasteiger partial charge in [-0.15, -0.1) is 0 Å². The SMILES string of the molecule is Cn1ccc2nc(-c3cccc(NC=O)c3)nc(NCc3ccncc3)c21. The van der Waals surface area contributed by atoms with Gasteiger partial charge in [0.2, 0.25) is 6.41 Å². The maximum Gasteiger partial charge on any atom is 0.211 e. The van der Waals surface area contributed by atoms with Crippen LogP contribution >= 0.6 is 0 Å². The zero-order valence-corrected chi connectivity index (χ0v) is 14.8. The molecular formula is C20H18N6O. The van der Waals surface area contributed by atoms with Crippen molar-refractivity contribution >= 4 is 28.9 Å². The lowest BCUT2D eigenvalue weighted by molar-refractivity contribution is -0.105. The largest absolute Gasteiger partial charge is 0.364 e. The third-order valence-electron chi connectivity index (χ3n) is 4.28. The van der Waals surface area contributed by atoms with Crippen molar-refractivity contribution in [1.82, 2.24) is 19.5 Å². The van der Waals surface area contributed by atoms with E-state index in [-0.39, 0.29) is 0 Å². The first-order valence-corrected chi connectivity index (χ1v) is 8.51. The zero-order valence-electron chi connectivity index (χ0n) is 14.8. The van der Waals surface area contributed by atoms with Gasteiger partial charge in [0, 0.05) is 43.4 Å². The van der Waals surface area contributed by atoms with Gasteiger partial charge in [0.15, 0.2) is 11.6 Å². The number of nitrogens with one attached hydrogen (secondary N) is 2. The van der Waals surface area contributed by atoms with Gasteiger partial charge in [-0.1, -0.05) is 12.1 Å².